The van der Waals surface area contributed by atoms with E-state index in [1.54, 1.807) is 18.2 Å². The van der Waals surface area contributed by atoms with Crippen molar-refractivity contribution < 1.29 is 19.1 Å². The number of aryl methyl sites for hydroxylation is 1. The Bertz CT molecular complexity index is 1290. The van der Waals surface area contributed by atoms with Crippen molar-refractivity contribution >= 4 is 22.5 Å². The maximum absolute atomic E-state index is 12.7. The van der Waals surface area contributed by atoms with E-state index in [1.165, 1.54) is 12.1 Å². The minimum absolute atomic E-state index is 0.142. The van der Waals surface area contributed by atoms with E-state index in [4.69, 9.17) is 9.47 Å². The van der Waals surface area contributed by atoms with E-state index in [9.17, 15) is 19.2 Å². The lowest BCUT2D eigenvalue weighted by Crippen LogP contribution is -2.33. The third-order valence-corrected chi connectivity index (χ3v) is 5.82. The molecule has 1 fully saturated rings. The lowest BCUT2D eigenvalue weighted by atomic mass is 10.1. The first kappa shape index (κ1) is 21.8. The molecule has 0 bridgehead atoms. The summed E-state index contributed by atoms with van der Waals surface area (Å²) in [6.45, 7) is 4.28. The van der Waals surface area contributed by atoms with Gasteiger partial charge in [0.25, 0.3) is 11.1 Å². The molecule has 3 heterocycles. The largest absolute Gasteiger partial charge is 0.456 e. The average Bonchev–Trinajstić information content (AvgIpc) is 3.39. The van der Waals surface area contributed by atoms with Crippen LogP contribution in [0.3, 0.4) is 0 Å². The van der Waals surface area contributed by atoms with Gasteiger partial charge in [0, 0.05) is 30.1 Å². The number of rotatable bonds is 7. The number of aromatic amines is 1. The summed E-state index contributed by atoms with van der Waals surface area (Å²) in [5, 5.41) is 2.82. The van der Waals surface area contributed by atoms with E-state index in [0.717, 1.165) is 35.5 Å². The molecule has 2 aromatic heterocycles. The monoisotopic (exact) mass is 439 g/mol. The molecule has 9 nitrogen and oxygen atoms in total. The summed E-state index contributed by atoms with van der Waals surface area (Å²) in [5.74, 6) is -1.12. The van der Waals surface area contributed by atoms with Crippen LogP contribution in [0.4, 0.5) is 0 Å². The number of nitrogens with one attached hydrogen (secondary N) is 1. The highest BCUT2D eigenvalue weighted by molar-refractivity contribution is 5.99. The van der Waals surface area contributed by atoms with Crippen LogP contribution in [0.5, 0.6) is 0 Å². The molecule has 1 saturated heterocycles. The predicted molar refractivity (Wildman–Crippen MR) is 117 cm³/mol. The second-order valence-corrected chi connectivity index (χ2v) is 7.99. The standard InChI is InChI=1S/C23H25N3O6/c1-14-10-19(15(2)25(14)11-16-6-5-9-31-16)20(27)13-32-21(28)12-26-23(30)18-8-4-3-7-17(18)22(29)24-26/h3-4,7-8,10,16H,5-6,9,11-13H2,1-2H3,(H,24,29)/t16-/m1/s1. The molecule has 0 aliphatic carbocycles. The third-order valence-electron chi connectivity index (χ3n) is 5.82. The van der Waals surface area contributed by atoms with E-state index in [-0.39, 0.29) is 22.7 Å². The molecular formula is C23H25N3O6. The second-order valence-electron chi connectivity index (χ2n) is 7.99. The van der Waals surface area contributed by atoms with Crippen molar-refractivity contribution in [3.8, 4) is 0 Å². The van der Waals surface area contributed by atoms with Crippen LogP contribution in [-0.4, -0.2) is 45.4 Å². The highest BCUT2D eigenvalue weighted by atomic mass is 16.5. The van der Waals surface area contributed by atoms with Gasteiger partial charge in [0.05, 0.1) is 16.9 Å². The summed E-state index contributed by atoms with van der Waals surface area (Å²) in [6.07, 6.45) is 2.17. The molecule has 168 valence electrons. The Morgan fingerprint density at radius 1 is 1.19 bits per heavy atom. The number of aromatic nitrogens is 3. The zero-order valence-corrected chi connectivity index (χ0v) is 18.1. The first-order valence-electron chi connectivity index (χ1n) is 10.5. The van der Waals surface area contributed by atoms with E-state index in [1.807, 2.05) is 18.4 Å². The van der Waals surface area contributed by atoms with Crippen LogP contribution in [0, 0.1) is 13.8 Å². The third kappa shape index (κ3) is 4.29. The predicted octanol–water partition coefficient (Wildman–Crippen LogP) is 1.71. The molecule has 1 aliphatic heterocycles. The highest BCUT2D eigenvalue weighted by Crippen LogP contribution is 2.20. The van der Waals surface area contributed by atoms with Crippen molar-refractivity contribution in [2.75, 3.05) is 13.2 Å². The van der Waals surface area contributed by atoms with E-state index < -0.39 is 30.2 Å². The zero-order chi connectivity index (χ0) is 22.8. The SMILES string of the molecule is Cc1cc(C(=O)COC(=O)Cn2[nH]c(=O)c3ccccc3c2=O)c(C)n1C[C@H]1CCCO1. The van der Waals surface area contributed by atoms with Crippen LogP contribution in [-0.2, 0) is 27.4 Å². The van der Waals surface area contributed by atoms with Crippen LogP contribution in [0.1, 0.15) is 34.6 Å². The van der Waals surface area contributed by atoms with E-state index in [2.05, 4.69) is 5.10 Å². The fourth-order valence-corrected chi connectivity index (χ4v) is 4.11. The normalized spacial score (nSPS) is 15.9. The summed E-state index contributed by atoms with van der Waals surface area (Å²) in [6, 6.07) is 8.13. The van der Waals surface area contributed by atoms with Gasteiger partial charge < -0.3 is 14.0 Å². The van der Waals surface area contributed by atoms with Crippen LogP contribution >= 0.6 is 0 Å². The van der Waals surface area contributed by atoms with Gasteiger partial charge in [-0.3, -0.25) is 24.3 Å². The number of carbonyl (C=O) groups excluding carboxylic acids is 2. The smallest absolute Gasteiger partial charge is 0.328 e. The highest BCUT2D eigenvalue weighted by Gasteiger charge is 2.22. The number of esters is 1. The van der Waals surface area contributed by atoms with Crippen molar-refractivity contribution in [3.63, 3.8) is 0 Å². The van der Waals surface area contributed by atoms with Gasteiger partial charge >= 0.3 is 5.97 Å². The first-order chi connectivity index (χ1) is 15.3. The van der Waals surface area contributed by atoms with Crippen LogP contribution in [0.25, 0.3) is 10.8 Å². The van der Waals surface area contributed by atoms with Crippen molar-refractivity contribution in [1.29, 1.82) is 0 Å². The molecular weight excluding hydrogens is 414 g/mol. The quantitative estimate of drug-likeness (QED) is 0.443. The zero-order valence-electron chi connectivity index (χ0n) is 18.1. The number of hydrogen-bond acceptors (Lipinski definition) is 6. The fraction of sp³-hybridized carbons (Fsp3) is 0.391. The number of Topliss-reactive ketones (excluding diaryl/α,β-unsaturated/α-hetero) is 1. The Morgan fingerprint density at radius 3 is 2.66 bits per heavy atom. The number of ether oxygens (including phenoxy) is 2. The molecule has 3 aromatic rings. The second kappa shape index (κ2) is 8.96. The number of fused-ring (bicyclic) bond motifs is 1. The van der Waals surface area contributed by atoms with Gasteiger partial charge in [-0.2, -0.15) is 0 Å². The minimum Gasteiger partial charge on any atom is -0.456 e. The Morgan fingerprint density at radius 2 is 1.94 bits per heavy atom. The Hall–Kier alpha value is -3.46. The Labute approximate surface area is 183 Å². The summed E-state index contributed by atoms with van der Waals surface area (Å²) in [5.41, 5.74) is 1.23. The molecule has 9 heteroatoms. The number of carbonyl (C=O) groups is 2. The molecule has 0 amide bonds. The summed E-state index contributed by atoms with van der Waals surface area (Å²) in [7, 11) is 0. The van der Waals surface area contributed by atoms with Gasteiger partial charge in [-0.15, -0.1) is 0 Å². The number of benzene rings is 1. The van der Waals surface area contributed by atoms with Gasteiger partial charge in [0.1, 0.15) is 6.54 Å². The maximum Gasteiger partial charge on any atom is 0.328 e. The molecule has 0 spiro atoms. The number of H-pyrrole nitrogens is 1. The van der Waals surface area contributed by atoms with Gasteiger partial charge in [-0.1, -0.05) is 12.1 Å². The molecule has 1 aliphatic rings. The molecule has 4 rings (SSSR count). The van der Waals surface area contributed by atoms with Gasteiger partial charge in [-0.25, -0.2) is 4.68 Å². The van der Waals surface area contributed by atoms with E-state index in [0.29, 0.717) is 12.1 Å². The van der Waals surface area contributed by atoms with E-state index >= 15 is 0 Å². The Kier molecular flexibility index (Phi) is 6.09. The fourth-order valence-electron chi connectivity index (χ4n) is 4.11. The number of hydrogen-bond donors (Lipinski definition) is 1. The summed E-state index contributed by atoms with van der Waals surface area (Å²) in [4.78, 5) is 49.6. The number of ketones is 1. The average molecular weight is 439 g/mol. The van der Waals surface area contributed by atoms with Gasteiger partial charge in [0.2, 0.25) is 5.78 Å². The summed E-state index contributed by atoms with van der Waals surface area (Å²) < 4.78 is 13.7. The van der Waals surface area contributed by atoms with Crippen LogP contribution in [0.2, 0.25) is 0 Å². The molecule has 0 saturated carbocycles. The van der Waals surface area contributed by atoms with Gasteiger partial charge in [0.15, 0.2) is 6.61 Å². The molecule has 1 atom stereocenters. The van der Waals surface area contributed by atoms with Crippen molar-refractivity contribution in [3.05, 3.63) is 68.0 Å². The molecule has 1 aromatic carbocycles. The molecule has 0 radical (unpaired) electrons. The van der Waals surface area contributed by atoms with Crippen molar-refractivity contribution in [1.82, 2.24) is 14.3 Å². The maximum atomic E-state index is 12.7. The van der Waals surface area contributed by atoms with Crippen LogP contribution in [0.15, 0.2) is 39.9 Å². The van der Waals surface area contributed by atoms with Crippen LogP contribution < -0.4 is 11.1 Å². The first-order valence-corrected chi connectivity index (χ1v) is 10.5. The van der Waals surface area contributed by atoms with Gasteiger partial charge in [-0.05, 0) is 44.9 Å². The van der Waals surface area contributed by atoms with Crippen molar-refractivity contribution in [2.24, 2.45) is 0 Å². The molecule has 1 N–H and O–H groups in total. The topological polar surface area (TPSA) is 112 Å². The summed E-state index contributed by atoms with van der Waals surface area (Å²) >= 11 is 0. The molecule has 0 unspecified atom stereocenters. The lowest BCUT2D eigenvalue weighted by molar-refractivity contribution is -0.143. The minimum atomic E-state index is -0.792. The number of nitrogens with zero attached hydrogens (tertiary/aromatic N) is 2. The van der Waals surface area contributed by atoms with Crippen molar-refractivity contribution in [2.45, 2.75) is 45.9 Å². The lowest BCUT2D eigenvalue weighted by Gasteiger charge is -2.14. The Balaban J connectivity index is 1.42. The molecule has 32 heavy (non-hydrogen) atoms.